The molecular formula is C5H7ClO3. The Hall–Kier alpha value is -0.540. The summed E-state index contributed by atoms with van der Waals surface area (Å²) in [5, 5.41) is 16.6. The first-order valence-electron chi connectivity index (χ1n) is 2.32. The number of rotatable bonds is 3. The topological polar surface area (TPSA) is 57.5 Å². The molecule has 0 radical (unpaired) electrons. The zero-order chi connectivity index (χ0) is 7.28. The van der Waals surface area contributed by atoms with E-state index in [1.165, 1.54) is 0 Å². The van der Waals surface area contributed by atoms with Gasteiger partial charge in [0.1, 0.15) is 0 Å². The minimum Gasteiger partial charge on any atom is -0.478 e. The van der Waals surface area contributed by atoms with E-state index in [2.05, 4.69) is 0 Å². The molecule has 1 atom stereocenters. The highest BCUT2D eigenvalue weighted by Crippen LogP contribution is 1.88. The summed E-state index contributed by atoms with van der Waals surface area (Å²) in [7, 11) is 0. The molecule has 0 aromatic rings. The molecule has 0 aliphatic rings. The van der Waals surface area contributed by atoms with Gasteiger partial charge in [-0.1, -0.05) is 0 Å². The van der Waals surface area contributed by atoms with Crippen molar-refractivity contribution in [2.24, 2.45) is 0 Å². The van der Waals surface area contributed by atoms with E-state index in [-0.39, 0.29) is 5.88 Å². The van der Waals surface area contributed by atoms with E-state index in [1.54, 1.807) is 0 Å². The second kappa shape index (κ2) is 4.35. The minimum atomic E-state index is -1.08. The van der Waals surface area contributed by atoms with Gasteiger partial charge in [-0.2, -0.15) is 0 Å². The number of hydrogen-bond acceptors (Lipinski definition) is 2. The number of aliphatic hydroxyl groups excluding tert-OH is 1. The molecule has 0 aliphatic carbocycles. The minimum absolute atomic E-state index is 0.0176. The van der Waals surface area contributed by atoms with E-state index in [0.29, 0.717) is 0 Å². The molecule has 0 bridgehead atoms. The van der Waals surface area contributed by atoms with Crippen LogP contribution in [0.1, 0.15) is 0 Å². The molecular weight excluding hydrogens is 144 g/mol. The van der Waals surface area contributed by atoms with Crippen molar-refractivity contribution in [3.63, 3.8) is 0 Å². The van der Waals surface area contributed by atoms with Crippen LogP contribution >= 0.6 is 11.6 Å². The number of alkyl halides is 1. The quantitative estimate of drug-likeness (QED) is 0.447. The predicted octanol–water partition coefficient (Wildman–Crippen LogP) is 0.227. The van der Waals surface area contributed by atoms with Gasteiger partial charge < -0.3 is 10.2 Å². The van der Waals surface area contributed by atoms with Crippen LogP contribution in [0.15, 0.2) is 12.2 Å². The molecule has 0 aliphatic heterocycles. The van der Waals surface area contributed by atoms with Crippen LogP contribution in [0, 0.1) is 0 Å². The van der Waals surface area contributed by atoms with E-state index < -0.39 is 12.1 Å². The first-order chi connectivity index (χ1) is 4.16. The molecule has 3 nitrogen and oxygen atoms in total. The van der Waals surface area contributed by atoms with Crippen LogP contribution in [0.3, 0.4) is 0 Å². The van der Waals surface area contributed by atoms with Gasteiger partial charge in [0.05, 0.1) is 12.0 Å². The third-order valence-electron chi connectivity index (χ3n) is 0.619. The standard InChI is InChI=1S/C5H7ClO3/c6-3-4(7)1-2-5(8)9/h1-2,4,7H,3H2,(H,8,9)/b2-1+. The maximum Gasteiger partial charge on any atom is 0.328 e. The molecule has 0 amide bonds. The van der Waals surface area contributed by atoms with Crippen LogP contribution in [0.25, 0.3) is 0 Å². The monoisotopic (exact) mass is 150 g/mol. The molecule has 0 saturated heterocycles. The van der Waals surface area contributed by atoms with Crippen molar-refractivity contribution < 1.29 is 15.0 Å². The Morgan fingerprint density at radius 3 is 2.67 bits per heavy atom. The first-order valence-corrected chi connectivity index (χ1v) is 2.85. The Kier molecular flexibility index (Phi) is 4.09. The van der Waals surface area contributed by atoms with Crippen molar-refractivity contribution in [2.75, 3.05) is 5.88 Å². The maximum absolute atomic E-state index is 9.78. The third-order valence-corrected chi connectivity index (χ3v) is 0.935. The van der Waals surface area contributed by atoms with Crippen molar-refractivity contribution in [1.82, 2.24) is 0 Å². The van der Waals surface area contributed by atoms with Crippen LogP contribution in [0.2, 0.25) is 0 Å². The largest absolute Gasteiger partial charge is 0.478 e. The summed E-state index contributed by atoms with van der Waals surface area (Å²) < 4.78 is 0. The van der Waals surface area contributed by atoms with E-state index in [0.717, 1.165) is 12.2 Å². The average molecular weight is 151 g/mol. The van der Waals surface area contributed by atoms with E-state index in [9.17, 15) is 4.79 Å². The fraction of sp³-hybridized carbons (Fsp3) is 0.400. The van der Waals surface area contributed by atoms with Gasteiger partial charge in [-0.15, -0.1) is 11.6 Å². The summed E-state index contributed by atoms with van der Waals surface area (Å²) >= 11 is 5.14. The third kappa shape index (κ3) is 5.33. The van der Waals surface area contributed by atoms with Crippen molar-refractivity contribution >= 4 is 17.6 Å². The fourth-order valence-electron chi connectivity index (χ4n) is 0.245. The lowest BCUT2D eigenvalue weighted by atomic mass is 10.3. The van der Waals surface area contributed by atoms with Gasteiger partial charge in [0.2, 0.25) is 0 Å². The Morgan fingerprint density at radius 1 is 1.78 bits per heavy atom. The number of carbonyl (C=O) groups is 1. The molecule has 52 valence electrons. The van der Waals surface area contributed by atoms with Crippen LogP contribution in [-0.4, -0.2) is 28.2 Å². The van der Waals surface area contributed by atoms with Gasteiger partial charge in [-0.05, 0) is 6.08 Å². The van der Waals surface area contributed by atoms with Gasteiger partial charge in [-0.3, -0.25) is 0 Å². The lowest BCUT2D eigenvalue weighted by Crippen LogP contribution is -2.03. The molecule has 0 fully saturated rings. The maximum atomic E-state index is 9.78. The fourth-order valence-corrected chi connectivity index (χ4v) is 0.348. The molecule has 0 rings (SSSR count). The van der Waals surface area contributed by atoms with E-state index in [1.807, 2.05) is 0 Å². The second-order valence-corrected chi connectivity index (χ2v) is 1.73. The number of carboxylic acids is 1. The Balaban J connectivity index is 3.56. The summed E-state index contributed by atoms with van der Waals surface area (Å²) in [4.78, 5) is 9.78. The predicted molar refractivity (Wildman–Crippen MR) is 33.5 cm³/mol. The van der Waals surface area contributed by atoms with Crippen LogP contribution < -0.4 is 0 Å². The SMILES string of the molecule is O=C(O)/C=C/C(O)CCl. The molecule has 4 heteroatoms. The molecule has 0 aromatic carbocycles. The van der Waals surface area contributed by atoms with Crippen LogP contribution in [-0.2, 0) is 4.79 Å². The second-order valence-electron chi connectivity index (χ2n) is 1.42. The van der Waals surface area contributed by atoms with Crippen molar-refractivity contribution in [2.45, 2.75) is 6.10 Å². The van der Waals surface area contributed by atoms with Gasteiger partial charge in [0.15, 0.2) is 0 Å². The summed E-state index contributed by atoms with van der Waals surface area (Å²) in [5.74, 6) is -1.07. The molecule has 0 heterocycles. The van der Waals surface area contributed by atoms with E-state index >= 15 is 0 Å². The zero-order valence-electron chi connectivity index (χ0n) is 4.62. The molecule has 0 aromatic heterocycles. The van der Waals surface area contributed by atoms with Gasteiger partial charge in [0, 0.05) is 6.08 Å². The van der Waals surface area contributed by atoms with Gasteiger partial charge in [-0.25, -0.2) is 4.79 Å². The van der Waals surface area contributed by atoms with Crippen LogP contribution in [0.5, 0.6) is 0 Å². The molecule has 0 saturated carbocycles. The summed E-state index contributed by atoms with van der Waals surface area (Å²) in [6, 6.07) is 0. The summed E-state index contributed by atoms with van der Waals surface area (Å²) in [5.41, 5.74) is 0. The van der Waals surface area contributed by atoms with Gasteiger partial charge >= 0.3 is 5.97 Å². The highest BCUT2D eigenvalue weighted by atomic mass is 35.5. The zero-order valence-corrected chi connectivity index (χ0v) is 5.38. The lowest BCUT2D eigenvalue weighted by Gasteiger charge is -1.94. The number of hydrogen-bond donors (Lipinski definition) is 2. The number of aliphatic carboxylic acids is 1. The average Bonchev–Trinajstić information content (AvgIpc) is 1.83. The number of aliphatic hydroxyl groups is 1. The lowest BCUT2D eigenvalue weighted by molar-refractivity contribution is -0.131. The summed E-state index contributed by atoms with van der Waals surface area (Å²) in [6.45, 7) is 0. The Morgan fingerprint density at radius 2 is 2.33 bits per heavy atom. The highest BCUT2D eigenvalue weighted by Gasteiger charge is 1.94. The molecule has 2 N–H and O–H groups in total. The Labute approximate surface area is 57.6 Å². The van der Waals surface area contributed by atoms with Gasteiger partial charge in [0.25, 0.3) is 0 Å². The summed E-state index contributed by atoms with van der Waals surface area (Å²) in [6.07, 6.45) is 1.12. The molecule has 1 unspecified atom stereocenters. The molecule has 0 spiro atoms. The van der Waals surface area contributed by atoms with E-state index in [4.69, 9.17) is 21.8 Å². The Bertz CT molecular complexity index is 121. The molecule has 9 heavy (non-hydrogen) atoms. The first kappa shape index (κ1) is 8.46. The van der Waals surface area contributed by atoms with Crippen molar-refractivity contribution in [1.29, 1.82) is 0 Å². The number of carboxylic acid groups (broad SMARTS) is 1. The van der Waals surface area contributed by atoms with Crippen molar-refractivity contribution in [3.8, 4) is 0 Å². The van der Waals surface area contributed by atoms with Crippen molar-refractivity contribution in [3.05, 3.63) is 12.2 Å². The normalized spacial score (nSPS) is 14.0. The smallest absolute Gasteiger partial charge is 0.328 e. The van der Waals surface area contributed by atoms with Crippen LogP contribution in [0.4, 0.5) is 0 Å². The highest BCUT2D eigenvalue weighted by molar-refractivity contribution is 6.18. The number of halogens is 1.